The van der Waals surface area contributed by atoms with E-state index in [0.717, 1.165) is 31.8 Å². The molecule has 0 aromatic heterocycles. The fourth-order valence-corrected chi connectivity index (χ4v) is 3.09. The summed E-state index contributed by atoms with van der Waals surface area (Å²) in [5.74, 6) is 0.900. The van der Waals surface area contributed by atoms with Crippen LogP contribution >= 0.6 is 0 Å². The zero-order valence-electron chi connectivity index (χ0n) is 13.3. The number of hydrogen-bond donors (Lipinski definition) is 3. The molecule has 3 N–H and O–H groups in total. The molecule has 0 saturated carbocycles. The molecule has 2 heterocycles. The number of hydrogen-bond acceptors (Lipinski definition) is 6. The third-order valence-corrected chi connectivity index (χ3v) is 4.36. The number of nitrogens with one attached hydrogen (secondary N) is 2. The van der Waals surface area contributed by atoms with Crippen LogP contribution in [0.5, 0.6) is 5.75 Å². The molecule has 2 aliphatic heterocycles. The van der Waals surface area contributed by atoms with Gasteiger partial charge in [-0.25, -0.2) is 0 Å². The Kier molecular flexibility index (Phi) is 5.61. The van der Waals surface area contributed by atoms with E-state index >= 15 is 0 Å². The van der Waals surface area contributed by atoms with E-state index in [1.807, 2.05) is 6.07 Å². The van der Waals surface area contributed by atoms with E-state index in [4.69, 9.17) is 14.9 Å². The predicted molar refractivity (Wildman–Crippen MR) is 88.1 cm³/mol. The van der Waals surface area contributed by atoms with Crippen LogP contribution in [0.3, 0.4) is 0 Å². The van der Waals surface area contributed by atoms with Crippen molar-refractivity contribution in [2.24, 2.45) is 0 Å². The molecular formula is C17H25N3O3. The van der Waals surface area contributed by atoms with E-state index in [-0.39, 0.29) is 6.10 Å². The predicted octanol–water partition coefficient (Wildman–Crippen LogP) is 0.770. The minimum atomic E-state index is -0.448. The highest BCUT2D eigenvalue weighted by molar-refractivity contribution is 5.53. The zero-order chi connectivity index (χ0) is 16.1. The molecule has 0 radical (unpaired) electrons. The van der Waals surface area contributed by atoms with Gasteiger partial charge < -0.3 is 20.0 Å². The van der Waals surface area contributed by atoms with Gasteiger partial charge in [-0.2, -0.15) is 0 Å². The number of rotatable bonds is 7. The van der Waals surface area contributed by atoms with Gasteiger partial charge in [0.15, 0.2) is 0 Å². The van der Waals surface area contributed by atoms with Crippen molar-refractivity contribution in [3.8, 4) is 5.75 Å². The normalized spacial score (nSPS) is 22.6. The monoisotopic (exact) mass is 319 g/mol. The molecule has 23 heavy (non-hydrogen) atoms. The minimum absolute atomic E-state index is 0.136. The number of aliphatic hydroxyl groups excluding tert-OH is 1. The lowest BCUT2D eigenvalue weighted by atomic mass is 9.99. The van der Waals surface area contributed by atoms with Gasteiger partial charge in [0.1, 0.15) is 18.5 Å². The fraction of sp³-hybridized carbons (Fsp3) is 0.588. The zero-order valence-corrected chi connectivity index (χ0v) is 13.3. The van der Waals surface area contributed by atoms with Crippen LogP contribution in [0.25, 0.3) is 0 Å². The number of aliphatic hydroxyl groups is 1. The maximum atomic E-state index is 9.84. The van der Waals surface area contributed by atoms with Gasteiger partial charge in [-0.15, -0.1) is 0 Å². The minimum Gasteiger partial charge on any atom is -0.491 e. The Morgan fingerprint density at radius 1 is 1.48 bits per heavy atom. The van der Waals surface area contributed by atoms with Gasteiger partial charge in [-0.1, -0.05) is 6.07 Å². The number of ether oxygens (including phenoxy) is 2. The quantitative estimate of drug-likeness (QED) is 0.647. The van der Waals surface area contributed by atoms with Crippen molar-refractivity contribution in [3.05, 3.63) is 29.3 Å². The van der Waals surface area contributed by atoms with Crippen molar-refractivity contribution in [2.45, 2.75) is 31.6 Å². The van der Waals surface area contributed by atoms with Crippen LogP contribution in [-0.2, 0) is 17.7 Å². The van der Waals surface area contributed by atoms with Gasteiger partial charge in [0.05, 0.1) is 12.8 Å². The maximum absolute atomic E-state index is 9.84. The standard InChI is InChI=1S/C17H25N3O3/c18-5-3-15(21)10-20-6-4-13-7-16(2-1-14(13)9-20)22-11-17-8-19-12-23-17/h1-2,5,7,15,17-19,21H,3-4,6,8-12H2/t15-,17?/m0/s1. The molecule has 1 aromatic carbocycles. The third-order valence-electron chi connectivity index (χ3n) is 4.36. The summed E-state index contributed by atoms with van der Waals surface area (Å²) < 4.78 is 11.3. The Bertz CT molecular complexity index is 532. The number of β-amino-alcohol motifs (C(OH)–C–C–N with tert-alkyl or cyclic N) is 1. The average molecular weight is 319 g/mol. The van der Waals surface area contributed by atoms with Gasteiger partial charge >= 0.3 is 0 Å². The summed E-state index contributed by atoms with van der Waals surface area (Å²) in [5.41, 5.74) is 2.62. The van der Waals surface area contributed by atoms with E-state index < -0.39 is 6.10 Å². The van der Waals surface area contributed by atoms with Gasteiger partial charge in [-0.3, -0.25) is 10.2 Å². The molecule has 6 nitrogen and oxygen atoms in total. The molecule has 0 spiro atoms. The van der Waals surface area contributed by atoms with Crippen molar-refractivity contribution in [3.63, 3.8) is 0 Å². The van der Waals surface area contributed by atoms with Crippen molar-refractivity contribution < 1.29 is 14.6 Å². The van der Waals surface area contributed by atoms with Crippen LogP contribution in [0.2, 0.25) is 0 Å². The van der Waals surface area contributed by atoms with Crippen LogP contribution in [0.4, 0.5) is 0 Å². The Hall–Kier alpha value is -1.47. The molecule has 1 fully saturated rings. The first-order valence-corrected chi connectivity index (χ1v) is 8.21. The number of benzene rings is 1. The van der Waals surface area contributed by atoms with Crippen molar-refractivity contribution in [2.75, 3.05) is 33.0 Å². The second kappa shape index (κ2) is 7.88. The van der Waals surface area contributed by atoms with Crippen LogP contribution in [0, 0.1) is 5.41 Å². The lowest BCUT2D eigenvalue weighted by molar-refractivity contribution is 0.0716. The van der Waals surface area contributed by atoms with Gasteiger partial charge in [0.2, 0.25) is 0 Å². The van der Waals surface area contributed by atoms with E-state index in [1.165, 1.54) is 17.3 Å². The highest BCUT2D eigenvalue weighted by Gasteiger charge is 2.20. The molecule has 0 amide bonds. The number of fused-ring (bicyclic) bond motifs is 1. The highest BCUT2D eigenvalue weighted by Crippen LogP contribution is 2.24. The molecule has 2 aliphatic rings. The summed E-state index contributed by atoms with van der Waals surface area (Å²) in [7, 11) is 0. The summed E-state index contributed by atoms with van der Waals surface area (Å²) in [6.45, 7) is 4.43. The van der Waals surface area contributed by atoms with Crippen molar-refractivity contribution in [1.29, 1.82) is 5.41 Å². The first-order chi connectivity index (χ1) is 11.2. The molecule has 2 atom stereocenters. The van der Waals surface area contributed by atoms with Crippen LogP contribution in [-0.4, -0.2) is 61.4 Å². The Morgan fingerprint density at radius 3 is 3.17 bits per heavy atom. The average Bonchev–Trinajstić information content (AvgIpc) is 3.06. The summed E-state index contributed by atoms with van der Waals surface area (Å²) >= 11 is 0. The maximum Gasteiger partial charge on any atom is 0.119 e. The third kappa shape index (κ3) is 4.51. The summed E-state index contributed by atoms with van der Waals surface area (Å²) in [4.78, 5) is 2.25. The van der Waals surface area contributed by atoms with Gasteiger partial charge in [0, 0.05) is 32.6 Å². The van der Waals surface area contributed by atoms with E-state index in [2.05, 4.69) is 22.3 Å². The smallest absolute Gasteiger partial charge is 0.119 e. The van der Waals surface area contributed by atoms with E-state index in [9.17, 15) is 5.11 Å². The van der Waals surface area contributed by atoms with Crippen LogP contribution < -0.4 is 10.1 Å². The van der Waals surface area contributed by atoms with Crippen LogP contribution in [0.15, 0.2) is 18.2 Å². The summed E-state index contributed by atoms with van der Waals surface area (Å²) in [6, 6.07) is 6.26. The van der Waals surface area contributed by atoms with Crippen molar-refractivity contribution in [1.82, 2.24) is 10.2 Å². The SMILES string of the molecule is N=CC[C@H](O)CN1CCc2cc(OCC3CNCO3)ccc2C1. The molecule has 1 aromatic rings. The fourth-order valence-electron chi connectivity index (χ4n) is 3.09. The molecule has 0 aliphatic carbocycles. The second-order valence-corrected chi connectivity index (χ2v) is 6.21. The van der Waals surface area contributed by atoms with E-state index in [0.29, 0.717) is 26.3 Å². The largest absolute Gasteiger partial charge is 0.491 e. The number of nitrogens with zero attached hydrogens (tertiary/aromatic N) is 1. The Morgan fingerprint density at radius 2 is 2.39 bits per heavy atom. The molecule has 126 valence electrons. The first-order valence-electron chi connectivity index (χ1n) is 8.21. The summed E-state index contributed by atoms with van der Waals surface area (Å²) in [5, 5.41) is 20.0. The lowest BCUT2D eigenvalue weighted by Gasteiger charge is -2.30. The molecule has 0 bridgehead atoms. The molecule has 3 rings (SSSR count). The van der Waals surface area contributed by atoms with E-state index in [1.54, 1.807) is 0 Å². The molecular weight excluding hydrogens is 294 g/mol. The molecule has 1 unspecified atom stereocenters. The molecule has 6 heteroatoms. The molecule has 1 saturated heterocycles. The topological polar surface area (TPSA) is 77.8 Å². The van der Waals surface area contributed by atoms with Gasteiger partial charge in [0.25, 0.3) is 0 Å². The summed E-state index contributed by atoms with van der Waals surface area (Å²) in [6.07, 6.45) is 2.35. The first kappa shape index (κ1) is 16.4. The van der Waals surface area contributed by atoms with Crippen molar-refractivity contribution >= 4 is 6.21 Å². The second-order valence-electron chi connectivity index (χ2n) is 6.21. The highest BCUT2D eigenvalue weighted by atomic mass is 16.5. The van der Waals surface area contributed by atoms with Gasteiger partial charge in [-0.05, 0) is 35.9 Å². The Labute approximate surface area is 136 Å². The lowest BCUT2D eigenvalue weighted by Crippen LogP contribution is -2.36. The van der Waals surface area contributed by atoms with Crippen LogP contribution in [0.1, 0.15) is 17.5 Å². The Balaban J connectivity index is 1.54.